The standard InChI is InChI=1S/C15H11IN2O/c1-18-13-8-3-2-7-12(13)14(15(18)19)17-11-6-4-5-10(16)9-11/h2-9H,1H3. The van der Waals surface area contributed by atoms with Gasteiger partial charge in [-0.3, -0.25) is 4.79 Å². The van der Waals surface area contributed by atoms with Gasteiger partial charge in [-0.05, 0) is 46.9 Å². The minimum Gasteiger partial charge on any atom is -0.309 e. The average molecular weight is 362 g/mol. The Morgan fingerprint density at radius 1 is 1.11 bits per heavy atom. The summed E-state index contributed by atoms with van der Waals surface area (Å²) < 4.78 is 1.10. The van der Waals surface area contributed by atoms with Crippen molar-refractivity contribution in [2.24, 2.45) is 4.99 Å². The number of benzene rings is 2. The van der Waals surface area contributed by atoms with E-state index < -0.39 is 0 Å². The lowest BCUT2D eigenvalue weighted by molar-refractivity contribution is -0.111. The van der Waals surface area contributed by atoms with E-state index in [-0.39, 0.29) is 5.91 Å². The van der Waals surface area contributed by atoms with Crippen molar-refractivity contribution in [3.05, 3.63) is 57.7 Å². The highest BCUT2D eigenvalue weighted by Crippen LogP contribution is 2.29. The van der Waals surface area contributed by atoms with Crippen LogP contribution in [0.25, 0.3) is 0 Å². The largest absolute Gasteiger partial charge is 0.309 e. The van der Waals surface area contributed by atoms with Crippen LogP contribution in [0, 0.1) is 3.57 Å². The molecule has 0 saturated heterocycles. The van der Waals surface area contributed by atoms with Gasteiger partial charge in [0.15, 0.2) is 0 Å². The van der Waals surface area contributed by atoms with E-state index in [1.807, 2.05) is 48.5 Å². The number of carbonyl (C=O) groups is 1. The number of para-hydroxylation sites is 1. The number of amides is 1. The number of hydrogen-bond donors (Lipinski definition) is 0. The zero-order valence-corrected chi connectivity index (χ0v) is 12.5. The van der Waals surface area contributed by atoms with Crippen molar-refractivity contribution in [1.82, 2.24) is 0 Å². The summed E-state index contributed by atoms with van der Waals surface area (Å²) in [6, 6.07) is 15.5. The van der Waals surface area contributed by atoms with Crippen LogP contribution in [0.2, 0.25) is 0 Å². The molecule has 2 aromatic carbocycles. The maximum Gasteiger partial charge on any atom is 0.277 e. The molecular weight excluding hydrogens is 351 g/mol. The summed E-state index contributed by atoms with van der Waals surface area (Å²) in [5.74, 6) is -0.0555. The minimum absolute atomic E-state index is 0.0555. The molecule has 0 atom stereocenters. The Balaban J connectivity index is 2.13. The van der Waals surface area contributed by atoms with Crippen molar-refractivity contribution in [2.45, 2.75) is 0 Å². The Morgan fingerprint density at radius 2 is 1.89 bits per heavy atom. The lowest BCUT2D eigenvalue weighted by Crippen LogP contribution is -2.25. The summed E-state index contributed by atoms with van der Waals surface area (Å²) in [5.41, 5.74) is 3.13. The van der Waals surface area contributed by atoms with Gasteiger partial charge in [-0.1, -0.05) is 24.3 Å². The summed E-state index contributed by atoms with van der Waals surface area (Å²) in [6.07, 6.45) is 0. The molecule has 3 rings (SSSR count). The predicted molar refractivity (Wildman–Crippen MR) is 85.2 cm³/mol. The molecule has 0 bridgehead atoms. The molecular formula is C15H11IN2O. The summed E-state index contributed by atoms with van der Waals surface area (Å²) in [7, 11) is 1.78. The molecule has 0 radical (unpaired) electrons. The third-order valence-electron chi connectivity index (χ3n) is 3.08. The Morgan fingerprint density at radius 3 is 2.68 bits per heavy atom. The smallest absolute Gasteiger partial charge is 0.277 e. The molecule has 0 saturated carbocycles. The van der Waals surface area contributed by atoms with E-state index in [9.17, 15) is 4.79 Å². The summed E-state index contributed by atoms with van der Waals surface area (Å²) in [6.45, 7) is 0. The van der Waals surface area contributed by atoms with Crippen LogP contribution in [0.1, 0.15) is 5.56 Å². The first-order chi connectivity index (χ1) is 9.16. The van der Waals surface area contributed by atoms with Crippen molar-refractivity contribution >= 4 is 45.6 Å². The van der Waals surface area contributed by atoms with Crippen molar-refractivity contribution in [3.63, 3.8) is 0 Å². The molecule has 19 heavy (non-hydrogen) atoms. The third-order valence-corrected chi connectivity index (χ3v) is 3.75. The fraction of sp³-hybridized carbons (Fsp3) is 0.0667. The van der Waals surface area contributed by atoms with Crippen LogP contribution >= 0.6 is 22.6 Å². The van der Waals surface area contributed by atoms with Crippen molar-refractivity contribution in [2.75, 3.05) is 11.9 Å². The molecule has 0 fully saturated rings. The molecule has 1 heterocycles. The fourth-order valence-electron chi connectivity index (χ4n) is 2.13. The topological polar surface area (TPSA) is 32.7 Å². The highest BCUT2D eigenvalue weighted by molar-refractivity contribution is 14.1. The first-order valence-electron chi connectivity index (χ1n) is 5.88. The van der Waals surface area contributed by atoms with E-state index >= 15 is 0 Å². The average Bonchev–Trinajstić information content (AvgIpc) is 2.65. The molecule has 2 aromatic rings. The number of nitrogens with zero attached hydrogens (tertiary/aromatic N) is 2. The molecule has 0 aliphatic carbocycles. The number of rotatable bonds is 1. The minimum atomic E-state index is -0.0555. The Labute approximate surface area is 125 Å². The van der Waals surface area contributed by atoms with Gasteiger partial charge in [-0.2, -0.15) is 0 Å². The third kappa shape index (κ3) is 2.16. The van der Waals surface area contributed by atoms with E-state index in [0.717, 1.165) is 20.5 Å². The molecule has 0 unspecified atom stereocenters. The quantitative estimate of drug-likeness (QED) is 0.716. The van der Waals surface area contributed by atoms with E-state index in [4.69, 9.17) is 0 Å². The van der Waals surface area contributed by atoms with Crippen LogP contribution in [0.3, 0.4) is 0 Å². The highest BCUT2D eigenvalue weighted by Gasteiger charge is 2.30. The molecule has 3 nitrogen and oxygen atoms in total. The normalized spacial score (nSPS) is 16.0. The predicted octanol–water partition coefficient (Wildman–Crippen LogP) is 3.39. The van der Waals surface area contributed by atoms with Crippen LogP contribution in [0.15, 0.2) is 53.5 Å². The van der Waals surface area contributed by atoms with Gasteiger partial charge in [0.25, 0.3) is 5.91 Å². The molecule has 0 spiro atoms. The Bertz CT molecular complexity index is 694. The number of likely N-dealkylation sites (N-methyl/N-ethyl adjacent to an activating group) is 1. The number of hydrogen-bond acceptors (Lipinski definition) is 2. The van der Waals surface area contributed by atoms with Gasteiger partial charge in [0, 0.05) is 16.2 Å². The first kappa shape index (κ1) is 12.3. The van der Waals surface area contributed by atoms with Gasteiger partial charge in [-0.25, -0.2) is 4.99 Å². The molecule has 94 valence electrons. The number of halogens is 1. The summed E-state index contributed by atoms with van der Waals surface area (Å²) >= 11 is 2.24. The first-order valence-corrected chi connectivity index (χ1v) is 6.96. The lowest BCUT2D eigenvalue weighted by atomic mass is 10.1. The molecule has 1 aliphatic rings. The zero-order valence-electron chi connectivity index (χ0n) is 10.3. The summed E-state index contributed by atoms with van der Waals surface area (Å²) in [5, 5.41) is 0. The maximum absolute atomic E-state index is 12.2. The number of aliphatic imine (C=N–C) groups is 1. The number of fused-ring (bicyclic) bond motifs is 1. The molecule has 0 N–H and O–H groups in total. The van der Waals surface area contributed by atoms with Crippen LogP contribution in [-0.4, -0.2) is 18.7 Å². The maximum atomic E-state index is 12.2. The van der Waals surface area contributed by atoms with Crippen LogP contribution in [-0.2, 0) is 4.79 Å². The van der Waals surface area contributed by atoms with Crippen LogP contribution in [0.4, 0.5) is 11.4 Å². The Kier molecular flexibility index (Phi) is 3.10. The summed E-state index contributed by atoms with van der Waals surface area (Å²) in [4.78, 5) is 18.4. The number of anilines is 1. The lowest BCUT2D eigenvalue weighted by Gasteiger charge is -2.07. The zero-order chi connectivity index (χ0) is 13.4. The van der Waals surface area contributed by atoms with Gasteiger partial charge in [0.1, 0.15) is 5.71 Å². The van der Waals surface area contributed by atoms with E-state index in [1.165, 1.54) is 0 Å². The molecule has 1 aliphatic heterocycles. The van der Waals surface area contributed by atoms with Gasteiger partial charge >= 0.3 is 0 Å². The molecule has 0 aromatic heterocycles. The fourth-order valence-corrected chi connectivity index (χ4v) is 2.66. The van der Waals surface area contributed by atoms with E-state index in [2.05, 4.69) is 27.6 Å². The van der Waals surface area contributed by atoms with Crippen LogP contribution < -0.4 is 4.90 Å². The van der Waals surface area contributed by atoms with Crippen LogP contribution in [0.5, 0.6) is 0 Å². The SMILES string of the molecule is CN1C(=O)C(=Nc2cccc(I)c2)c2ccccc21. The second kappa shape index (κ2) is 4.77. The second-order valence-electron chi connectivity index (χ2n) is 4.32. The van der Waals surface area contributed by atoms with Gasteiger partial charge in [-0.15, -0.1) is 0 Å². The second-order valence-corrected chi connectivity index (χ2v) is 5.57. The van der Waals surface area contributed by atoms with E-state index in [0.29, 0.717) is 5.71 Å². The van der Waals surface area contributed by atoms with Gasteiger partial charge in [0.05, 0.1) is 11.4 Å². The van der Waals surface area contributed by atoms with Crippen molar-refractivity contribution in [3.8, 4) is 0 Å². The number of carbonyl (C=O) groups excluding carboxylic acids is 1. The highest BCUT2D eigenvalue weighted by atomic mass is 127. The van der Waals surface area contributed by atoms with Crippen molar-refractivity contribution in [1.29, 1.82) is 0 Å². The van der Waals surface area contributed by atoms with E-state index in [1.54, 1.807) is 11.9 Å². The van der Waals surface area contributed by atoms with Crippen molar-refractivity contribution < 1.29 is 4.79 Å². The molecule has 1 amide bonds. The molecule has 4 heteroatoms. The van der Waals surface area contributed by atoms with Gasteiger partial charge < -0.3 is 4.90 Å². The Hall–Kier alpha value is -1.69. The monoisotopic (exact) mass is 362 g/mol. The van der Waals surface area contributed by atoms with Gasteiger partial charge in [0.2, 0.25) is 0 Å².